The third kappa shape index (κ3) is 2.96. The Bertz CT molecular complexity index is 671. The lowest BCUT2D eigenvalue weighted by Gasteiger charge is -2.13. The largest absolute Gasteiger partial charge is 0.271 e. The molecule has 0 radical (unpaired) electrons. The van der Waals surface area contributed by atoms with E-state index in [2.05, 4.69) is 126 Å². The minimum Gasteiger partial charge on any atom is -0.271 e. The molecule has 3 rings (SSSR count). The van der Waals surface area contributed by atoms with E-state index in [0.29, 0.717) is 13.8 Å². The third-order valence-corrected chi connectivity index (χ3v) is 6.63. The molecule has 13 heteroatoms. The highest BCUT2D eigenvalue weighted by Gasteiger charge is 2.37. The molecular formula is C9H3BBr6N6. The molecule has 114 valence electrons. The van der Waals surface area contributed by atoms with Gasteiger partial charge in [-0.1, -0.05) is 0 Å². The summed E-state index contributed by atoms with van der Waals surface area (Å²) in [5.74, 6) is 0. The highest BCUT2D eigenvalue weighted by Crippen LogP contribution is 2.21. The van der Waals surface area contributed by atoms with Crippen molar-refractivity contribution in [2.75, 3.05) is 0 Å². The van der Waals surface area contributed by atoms with Crippen LogP contribution in [0.1, 0.15) is 0 Å². The second-order valence-electron chi connectivity index (χ2n) is 4.16. The number of nitrogens with one attached hydrogen (secondary N) is 3. The molecule has 6 nitrogen and oxygen atoms in total. The fraction of sp³-hybridized carbons (Fsp3) is 0. The van der Waals surface area contributed by atoms with Crippen LogP contribution in [0.5, 0.6) is 0 Å². The number of nitrogens with zero attached hydrogens (tertiary/aromatic N) is 3. The van der Waals surface area contributed by atoms with Gasteiger partial charge in [-0.15, -0.1) is 0 Å². The molecule has 0 aliphatic rings. The first-order valence-electron chi connectivity index (χ1n) is 5.59. The highest BCUT2D eigenvalue weighted by molar-refractivity contribution is 9.12. The second-order valence-corrected chi connectivity index (χ2v) is 8.79. The average molecular weight is 685 g/mol. The number of hydrogen-bond acceptors (Lipinski definition) is 3. The van der Waals surface area contributed by atoms with Crippen molar-refractivity contribution in [3.63, 3.8) is 0 Å². The lowest BCUT2D eigenvalue weighted by Crippen LogP contribution is -2.54. The van der Waals surface area contributed by atoms with Crippen LogP contribution >= 0.6 is 95.6 Å². The fourth-order valence-electron chi connectivity index (χ4n) is 2.10. The lowest BCUT2D eigenvalue weighted by molar-refractivity contribution is 1.05. The van der Waals surface area contributed by atoms with E-state index in [9.17, 15) is 0 Å². The summed E-state index contributed by atoms with van der Waals surface area (Å²) in [6.07, 6.45) is 0. The Labute approximate surface area is 175 Å². The molecule has 3 N–H and O–H groups in total. The number of rotatable bonds is 3. The van der Waals surface area contributed by atoms with Gasteiger partial charge < -0.3 is 0 Å². The van der Waals surface area contributed by atoms with Crippen molar-refractivity contribution in [2.24, 2.45) is 0 Å². The van der Waals surface area contributed by atoms with Crippen LogP contribution in [-0.2, 0) is 0 Å². The molecule has 0 saturated carbocycles. The number of H-pyrrole nitrogens is 3. The average Bonchev–Trinajstić information content (AvgIpc) is 3.08. The van der Waals surface area contributed by atoms with E-state index in [0.717, 1.165) is 30.2 Å². The first kappa shape index (κ1) is 17.4. The first-order valence-corrected chi connectivity index (χ1v) is 10.3. The van der Waals surface area contributed by atoms with Gasteiger partial charge >= 0.3 is 0 Å². The molecule has 0 aliphatic heterocycles. The Morgan fingerprint density at radius 2 is 0.818 bits per heavy atom. The summed E-state index contributed by atoms with van der Waals surface area (Å²) >= 11 is 21.0. The summed E-state index contributed by atoms with van der Waals surface area (Å²) in [7, 11) is 0. The van der Waals surface area contributed by atoms with Crippen LogP contribution in [0.25, 0.3) is 0 Å². The van der Waals surface area contributed by atoms with Crippen molar-refractivity contribution in [3.05, 3.63) is 27.6 Å². The number of aromatic amines is 3. The number of hydrogen-bond donors (Lipinski definition) is 3. The van der Waals surface area contributed by atoms with Crippen molar-refractivity contribution >= 4 is 119 Å². The van der Waals surface area contributed by atoms with E-state index in [-0.39, 0.29) is 6.71 Å². The molecule has 3 heterocycles. The maximum atomic E-state index is 4.20. The minimum atomic E-state index is -0.201. The summed E-state index contributed by atoms with van der Waals surface area (Å²) in [5, 5.41) is 21.3. The van der Waals surface area contributed by atoms with E-state index < -0.39 is 0 Å². The van der Waals surface area contributed by atoms with E-state index in [1.807, 2.05) is 0 Å². The molecule has 0 spiro atoms. The quantitative estimate of drug-likeness (QED) is 0.371. The van der Waals surface area contributed by atoms with Crippen LogP contribution in [0.15, 0.2) is 27.6 Å². The van der Waals surface area contributed by atoms with Gasteiger partial charge in [0.2, 0.25) is 0 Å². The Kier molecular flexibility index (Phi) is 5.40. The SMILES string of the molecule is Brc1n[nH]c(Br)c1B(c1c(Br)n[nH]c1Br)c1c(Br)n[nH]c1Br. The maximum Gasteiger partial charge on any atom is 0.262 e. The summed E-state index contributed by atoms with van der Waals surface area (Å²) in [6, 6.07) is 0. The van der Waals surface area contributed by atoms with Gasteiger partial charge in [0, 0.05) is 0 Å². The maximum absolute atomic E-state index is 4.20. The molecule has 0 unspecified atom stereocenters. The fourth-order valence-corrected chi connectivity index (χ4v) is 5.96. The summed E-state index contributed by atoms with van der Waals surface area (Å²) < 4.78 is 4.40. The lowest BCUT2D eigenvalue weighted by atomic mass is 9.38. The number of halogens is 6. The van der Waals surface area contributed by atoms with Crippen LogP contribution < -0.4 is 16.4 Å². The smallest absolute Gasteiger partial charge is 0.262 e. The second kappa shape index (κ2) is 6.83. The Morgan fingerprint density at radius 3 is 1.00 bits per heavy atom. The molecule has 0 fully saturated rings. The molecule has 0 atom stereocenters. The van der Waals surface area contributed by atoms with Gasteiger partial charge in [0.1, 0.15) is 13.8 Å². The van der Waals surface area contributed by atoms with Gasteiger partial charge in [0.05, 0.1) is 13.8 Å². The van der Waals surface area contributed by atoms with Crippen molar-refractivity contribution in [2.45, 2.75) is 0 Å². The van der Waals surface area contributed by atoms with Gasteiger partial charge in [-0.2, -0.15) is 15.3 Å². The zero-order valence-corrected chi connectivity index (χ0v) is 19.7. The predicted molar refractivity (Wildman–Crippen MR) is 107 cm³/mol. The van der Waals surface area contributed by atoms with E-state index >= 15 is 0 Å². The molecule has 0 aromatic carbocycles. The molecule has 22 heavy (non-hydrogen) atoms. The van der Waals surface area contributed by atoms with Crippen LogP contribution in [-0.4, -0.2) is 37.3 Å². The standard InChI is InChI=1S/C9H3BBr6N6/c11-4-1(5(12)18-17-4)10(2-6(13)19-20-7(2)14)3-8(15)21-22-9(3)16/h(H,17,18)(H,19,20)(H,21,22). The van der Waals surface area contributed by atoms with Gasteiger partial charge in [0.15, 0.2) is 0 Å². The predicted octanol–water partition coefficient (Wildman–Crippen LogP) is 2.95. The van der Waals surface area contributed by atoms with Crippen LogP contribution in [0, 0.1) is 0 Å². The summed E-state index contributed by atoms with van der Waals surface area (Å²) in [5.41, 5.74) is 2.77. The zero-order valence-electron chi connectivity index (χ0n) is 10.2. The Balaban J connectivity index is 2.34. The van der Waals surface area contributed by atoms with E-state index in [1.54, 1.807) is 0 Å². The topological polar surface area (TPSA) is 86.0 Å². The molecule has 0 saturated heterocycles. The van der Waals surface area contributed by atoms with Crippen molar-refractivity contribution < 1.29 is 0 Å². The normalized spacial score (nSPS) is 11.2. The molecule has 0 amide bonds. The molecule has 0 aliphatic carbocycles. The van der Waals surface area contributed by atoms with E-state index in [1.165, 1.54) is 0 Å². The molecule has 0 bridgehead atoms. The first-order chi connectivity index (χ1) is 10.4. The highest BCUT2D eigenvalue weighted by atomic mass is 79.9. The van der Waals surface area contributed by atoms with Gasteiger partial charge in [-0.05, 0) is 112 Å². The zero-order chi connectivity index (χ0) is 16.0. The number of aromatic nitrogens is 6. The van der Waals surface area contributed by atoms with Crippen LogP contribution in [0.2, 0.25) is 0 Å². The summed E-state index contributed by atoms with van der Waals surface area (Å²) in [4.78, 5) is 0. The third-order valence-electron chi connectivity index (χ3n) is 3.00. The monoisotopic (exact) mass is 680 g/mol. The van der Waals surface area contributed by atoms with Gasteiger partial charge in [0.25, 0.3) is 6.71 Å². The summed E-state index contributed by atoms with van der Waals surface area (Å²) in [6.45, 7) is -0.201. The van der Waals surface area contributed by atoms with Crippen LogP contribution in [0.3, 0.4) is 0 Å². The Morgan fingerprint density at radius 1 is 0.545 bits per heavy atom. The Hall–Kier alpha value is 0.575. The minimum absolute atomic E-state index is 0.201. The van der Waals surface area contributed by atoms with Crippen LogP contribution in [0.4, 0.5) is 0 Å². The van der Waals surface area contributed by atoms with Crippen molar-refractivity contribution in [1.29, 1.82) is 0 Å². The molecule has 3 aromatic rings. The van der Waals surface area contributed by atoms with Crippen molar-refractivity contribution in [1.82, 2.24) is 30.6 Å². The van der Waals surface area contributed by atoms with E-state index in [4.69, 9.17) is 0 Å². The van der Waals surface area contributed by atoms with Gasteiger partial charge in [-0.3, -0.25) is 15.3 Å². The van der Waals surface area contributed by atoms with Gasteiger partial charge in [-0.25, -0.2) is 0 Å². The van der Waals surface area contributed by atoms with Crippen molar-refractivity contribution in [3.8, 4) is 0 Å². The molecular weight excluding hydrogens is 682 g/mol. The molecule has 3 aromatic heterocycles.